The van der Waals surface area contributed by atoms with E-state index >= 15 is 0 Å². The molecule has 0 spiro atoms. The highest BCUT2D eigenvalue weighted by Crippen LogP contribution is 2.19. The van der Waals surface area contributed by atoms with Crippen LogP contribution in [0.1, 0.15) is 20.8 Å². The van der Waals surface area contributed by atoms with Crippen molar-refractivity contribution in [1.82, 2.24) is 5.43 Å². The summed E-state index contributed by atoms with van der Waals surface area (Å²) in [5, 5.41) is 0. The largest absolute Gasteiger partial charge is 0.300 e. The molecular weight excluding hydrogens is 369 g/mol. The minimum atomic E-state index is -3.29. The van der Waals surface area contributed by atoms with E-state index in [1.54, 1.807) is 39.0 Å². The Bertz CT molecular complexity index is 962. The van der Waals surface area contributed by atoms with Crippen LogP contribution in [0.4, 0.5) is 15.8 Å². The molecule has 0 aliphatic carbocycles. The molecule has 0 radical (unpaired) electrons. The zero-order valence-electron chi connectivity index (χ0n) is 15.6. The molecule has 2 rings (SSSR count). The van der Waals surface area contributed by atoms with Crippen LogP contribution in [0.5, 0.6) is 0 Å². The van der Waals surface area contributed by atoms with Gasteiger partial charge in [0.1, 0.15) is 5.82 Å². The van der Waals surface area contributed by atoms with Crippen molar-refractivity contribution in [2.24, 2.45) is 10.4 Å². The molecule has 27 heavy (non-hydrogen) atoms. The van der Waals surface area contributed by atoms with Crippen LogP contribution in [-0.4, -0.2) is 26.3 Å². The molecule has 2 N–H and O–H groups in total. The van der Waals surface area contributed by atoms with Gasteiger partial charge in [0.15, 0.2) is 15.7 Å². The van der Waals surface area contributed by atoms with E-state index in [9.17, 15) is 17.6 Å². The summed E-state index contributed by atoms with van der Waals surface area (Å²) in [5.41, 5.74) is 5.69. The van der Waals surface area contributed by atoms with Gasteiger partial charge in [-0.3, -0.25) is 15.6 Å². The summed E-state index contributed by atoms with van der Waals surface area (Å²) in [4.78, 5) is 17.1. The standard InChI is InChI=1S/C19H22FN3O3S/c1-19(2,3)17(24)18(21-15-7-5-6-13(20)12-15)23-22-14-8-10-16(11-9-14)27(4,25)26/h5-12,22H,1-4H3,(H,21,23). The summed E-state index contributed by atoms with van der Waals surface area (Å²) in [6, 6.07) is 11.6. The average molecular weight is 391 g/mol. The molecular formula is C19H22FN3O3S. The lowest BCUT2D eigenvalue weighted by atomic mass is 9.90. The van der Waals surface area contributed by atoms with Gasteiger partial charge in [0.05, 0.1) is 16.3 Å². The molecule has 0 heterocycles. The number of Topliss-reactive ketones (excluding diaryl/α,β-unsaturated/α-hetero) is 1. The third kappa shape index (κ3) is 5.89. The number of benzene rings is 2. The highest BCUT2D eigenvalue weighted by atomic mass is 32.2. The number of carbonyl (C=O) groups excluding carboxylic acids is 1. The fourth-order valence-electron chi connectivity index (χ4n) is 2.08. The number of carbonyl (C=O) groups is 1. The van der Waals surface area contributed by atoms with Gasteiger partial charge in [0.25, 0.3) is 0 Å². The topological polar surface area (TPSA) is 87.6 Å². The first-order valence-electron chi connectivity index (χ1n) is 8.18. The molecule has 0 atom stereocenters. The first kappa shape index (κ1) is 20.6. The number of anilines is 1. The Hall–Kier alpha value is -2.74. The molecule has 6 nitrogen and oxygen atoms in total. The van der Waals surface area contributed by atoms with Crippen molar-refractivity contribution in [3.63, 3.8) is 0 Å². The number of rotatable bonds is 5. The number of amidine groups is 1. The van der Waals surface area contributed by atoms with E-state index in [2.05, 4.69) is 15.8 Å². The summed E-state index contributed by atoms with van der Waals surface area (Å²) < 4.78 is 36.4. The molecule has 0 unspecified atom stereocenters. The first-order valence-corrected chi connectivity index (χ1v) is 10.1. The maximum absolute atomic E-state index is 13.4. The number of halogens is 1. The number of aliphatic imine (C=N–C) groups is 1. The van der Waals surface area contributed by atoms with Crippen molar-refractivity contribution in [1.29, 1.82) is 0 Å². The maximum Gasteiger partial charge on any atom is 0.204 e. The third-order valence-corrected chi connectivity index (χ3v) is 4.68. The normalized spacial score (nSPS) is 12.6. The Morgan fingerprint density at radius 1 is 1.07 bits per heavy atom. The van der Waals surface area contributed by atoms with Gasteiger partial charge in [-0.25, -0.2) is 17.8 Å². The molecule has 0 aliphatic heterocycles. The van der Waals surface area contributed by atoms with E-state index in [0.717, 1.165) is 6.26 Å². The lowest BCUT2D eigenvalue weighted by Gasteiger charge is -2.20. The summed E-state index contributed by atoms with van der Waals surface area (Å²) in [7, 11) is -3.29. The van der Waals surface area contributed by atoms with Crippen molar-refractivity contribution in [3.8, 4) is 0 Å². The van der Waals surface area contributed by atoms with Crippen molar-refractivity contribution >= 4 is 32.8 Å². The first-order chi connectivity index (χ1) is 12.5. The van der Waals surface area contributed by atoms with Crippen LogP contribution in [0.25, 0.3) is 0 Å². The number of hydrogen-bond acceptors (Lipinski definition) is 5. The zero-order chi connectivity index (χ0) is 20.2. The van der Waals surface area contributed by atoms with Crippen LogP contribution >= 0.6 is 0 Å². The minimum absolute atomic E-state index is 0.0142. The van der Waals surface area contributed by atoms with E-state index in [1.165, 1.54) is 30.3 Å². The number of ketones is 1. The molecule has 0 aliphatic rings. The lowest BCUT2D eigenvalue weighted by Crippen LogP contribution is -2.41. The third-order valence-electron chi connectivity index (χ3n) is 3.55. The Balaban J connectivity index is 2.26. The van der Waals surface area contributed by atoms with Gasteiger partial charge < -0.3 is 0 Å². The van der Waals surface area contributed by atoms with E-state index in [4.69, 9.17) is 0 Å². The predicted octanol–water partition coefficient (Wildman–Crippen LogP) is 3.49. The van der Waals surface area contributed by atoms with Gasteiger partial charge in [-0.1, -0.05) is 26.8 Å². The second kappa shape index (κ2) is 7.87. The molecule has 144 valence electrons. The van der Waals surface area contributed by atoms with Crippen LogP contribution in [-0.2, 0) is 14.6 Å². The van der Waals surface area contributed by atoms with E-state index in [-0.39, 0.29) is 16.5 Å². The molecule has 0 saturated carbocycles. The lowest BCUT2D eigenvalue weighted by molar-refractivity contribution is -0.119. The van der Waals surface area contributed by atoms with Gasteiger partial charge in [-0.2, -0.15) is 0 Å². The van der Waals surface area contributed by atoms with Crippen LogP contribution in [0, 0.1) is 11.2 Å². The highest BCUT2D eigenvalue weighted by molar-refractivity contribution is 7.90. The molecule has 2 aromatic carbocycles. The van der Waals surface area contributed by atoms with Crippen LogP contribution < -0.4 is 10.9 Å². The Kier molecular flexibility index (Phi) is 6.00. The quantitative estimate of drug-likeness (QED) is 0.463. The predicted molar refractivity (Wildman–Crippen MR) is 104 cm³/mol. The molecule has 8 heteroatoms. The zero-order valence-corrected chi connectivity index (χ0v) is 16.4. The molecule has 2 aromatic rings. The van der Waals surface area contributed by atoms with Crippen LogP contribution in [0.15, 0.2) is 58.4 Å². The molecule has 0 saturated heterocycles. The molecule has 0 aromatic heterocycles. The highest BCUT2D eigenvalue weighted by Gasteiger charge is 2.26. The summed E-state index contributed by atoms with van der Waals surface area (Å²) >= 11 is 0. The number of nitrogens with one attached hydrogen (secondary N) is 2. The van der Waals surface area contributed by atoms with Crippen molar-refractivity contribution in [2.75, 3.05) is 11.7 Å². The smallest absolute Gasteiger partial charge is 0.204 e. The number of nitrogens with zero attached hydrogens (tertiary/aromatic N) is 1. The van der Waals surface area contributed by atoms with Gasteiger partial charge in [-0.15, -0.1) is 0 Å². The minimum Gasteiger partial charge on any atom is -0.300 e. The van der Waals surface area contributed by atoms with Crippen LogP contribution in [0.2, 0.25) is 0 Å². The van der Waals surface area contributed by atoms with Crippen molar-refractivity contribution in [3.05, 3.63) is 54.3 Å². The second-order valence-corrected chi connectivity index (χ2v) is 9.08. The summed E-state index contributed by atoms with van der Waals surface area (Å²) in [6.07, 6.45) is 1.12. The Morgan fingerprint density at radius 2 is 1.70 bits per heavy atom. The number of sulfone groups is 1. The van der Waals surface area contributed by atoms with Gasteiger partial charge in [0, 0.05) is 11.7 Å². The maximum atomic E-state index is 13.4. The van der Waals surface area contributed by atoms with Gasteiger partial charge >= 0.3 is 0 Å². The summed E-state index contributed by atoms with van der Waals surface area (Å²) in [5.74, 6) is -0.713. The second-order valence-electron chi connectivity index (χ2n) is 7.07. The van der Waals surface area contributed by atoms with Gasteiger partial charge in [-0.05, 0) is 42.5 Å². The molecule has 0 fully saturated rings. The number of hydrazine groups is 1. The Labute approximate surface area is 158 Å². The van der Waals surface area contributed by atoms with Crippen molar-refractivity contribution in [2.45, 2.75) is 25.7 Å². The SMILES string of the molecule is CC(C)(C)C(=O)C(=Nc1cccc(F)c1)NNc1ccc(S(C)(=O)=O)cc1. The van der Waals surface area contributed by atoms with E-state index < -0.39 is 21.1 Å². The van der Waals surface area contributed by atoms with E-state index in [1.807, 2.05) is 0 Å². The van der Waals surface area contributed by atoms with Crippen molar-refractivity contribution < 1.29 is 17.6 Å². The molecule has 0 bridgehead atoms. The van der Waals surface area contributed by atoms with Crippen LogP contribution in [0.3, 0.4) is 0 Å². The Morgan fingerprint density at radius 3 is 2.22 bits per heavy atom. The monoisotopic (exact) mass is 391 g/mol. The molecule has 0 amide bonds. The number of hydrogen-bond donors (Lipinski definition) is 2. The van der Waals surface area contributed by atoms with E-state index in [0.29, 0.717) is 11.4 Å². The van der Waals surface area contributed by atoms with Gasteiger partial charge in [0.2, 0.25) is 5.78 Å². The fourth-order valence-corrected chi connectivity index (χ4v) is 2.71. The summed E-state index contributed by atoms with van der Waals surface area (Å²) in [6.45, 7) is 5.25. The average Bonchev–Trinajstić information content (AvgIpc) is 2.57. The fraction of sp³-hybridized carbons (Fsp3) is 0.263.